The molecule has 1 rings (SSSR count). The van der Waals surface area contributed by atoms with E-state index in [-0.39, 0.29) is 5.92 Å². The Labute approximate surface area is 96.1 Å². The molecule has 0 amide bonds. The lowest BCUT2D eigenvalue weighted by Crippen LogP contribution is -2.10. The average molecular weight is 222 g/mol. The molecule has 3 nitrogen and oxygen atoms in total. The summed E-state index contributed by atoms with van der Waals surface area (Å²) >= 11 is 0. The summed E-state index contributed by atoms with van der Waals surface area (Å²) < 4.78 is 5.05. The number of carboxylic acid groups (broad SMARTS) is 1. The maximum absolute atomic E-state index is 10.7. The molecular formula is C13H18O3. The third-order valence-corrected chi connectivity index (χ3v) is 2.59. The lowest BCUT2D eigenvalue weighted by molar-refractivity contribution is -0.141. The second kappa shape index (κ2) is 6.28. The average Bonchev–Trinajstić information content (AvgIpc) is 2.26. The van der Waals surface area contributed by atoms with Crippen LogP contribution in [-0.2, 0) is 22.6 Å². The van der Waals surface area contributed by atoms with Crippen molar-refractivity contribution in [2.24, 2.45) is 5.92 Å². The Morgan fingerprint density at radius 3 is 2.75 bits per heavy atom. The fraction of sp³-hybridized carbons (Fsp3) is 0.462. The number of ether oxygens (including phenoxy) is 1. The van der Waals surface area contributed by atoms with Gasteiger partial charge in [0.05, 0.1) is 12.5 Å². The first-order valence-electron chi connectivity index (χ1n) is 5.43. The van der Waals surface area contributed by atoms with Crippen molar-refractivity contribution >= 4 is 5.97 Å². The smallest absolute Gasteiger partial charge is 0.306 e. The van der Waals surface area contributed by atoms with Crippen LogP contribution < -0.4 is 0 Å². The first-order valence-corrected chi connectivity index (χ1v) is 5.43. The molecule has 0 saturated heterocycles. The van der Waals surface area contributed by atoms with Crippen LogP contribution in [0.15, 0.2) is 24.3 Å². The van der Waals surface area contributed by atoms with E-state index in [1.807, 2.05) is 18.2 Å². The Bertz CT molecular complexity index is 347. The van der Waals surface area contributed by atoms with Crippen LogP contribution >= 0.6 is 0 Å². The third kappa shape index (κ3) is 4.03. The normalized spacial score (nSPS) is 12.4. The van der Waals surface area contributed by atoms with Gasteiger partial charge < -0.3 is 9.84 Å². The molecule has 0 spiro atoms. The van der Waals surface area contributed by atoms with Crippen LogP contribution in [0.2, 0.25) is 0 Å². The molecule has 3 heteroatoms. The minimum absolute atomic E-state index is 0.286. The van der Waals surface area contributed by atoms with Crippen molar-refractivity contribution in [2.75, 3.05) is 7.11 Å². The van der Waals surface area contributed by atoms with Crippen molar-refractivity contribution < 1.29 is 14.6 Å². The highest BCUT2D eigenvalue weighted by molar-refractivity contribution is 5.69. The van der Waals surface area contributed by atoms with Gasteiger partial charge in [0.1, 0.15) is 0 Å². The van der Waals surface area contributed by atoms with Crippen LogP contribution in [0.1, 0.15) is 24.5 Å². The molecule has 1 aromatic rings. The number of hydrogen-bond donors (Lipinski definition) is 1. The molecule has 0 saturated carbocycles. The number of carboxylic acids is 1. The van der Waals surface area contributed by atoms with Crippen LogP contribution in [0.5, 0.6) is 0 Å². The summed E-state index contributed by atoms with van der Waals surface area (Å²) in [4.78, 5) is 10.7. The monoisotopic (exact) mass is 222 g/mol. The van der Waals surface area contributed by atoms with Crippen molar-refractivity contribution in [3.05, 3.63) is 35.4 Å². The van der Waals surface area contributed by atoms with Gasteiger partial charge in [-0.1, -0.05) is 31.2 Å². The number of aliphatic carboxylic acids is 1. The Hall–Kier alpha value is -1.35. The summed E-state index contributed by atoms with van der Waals surface area (Å²) in [7, 11) is 1.67. The standard InChI is InChI=1S/C13H18O3/c1-10(13(14)15)6-7-11-4-3-5-12(8-11)9-16-2/h3-5,8,10H,6-7,9H2,1-2H3,(H,14,15). The number of methoxy groups -OCH3 is 1. The van der Waals surface area contributed by atoms with E-state index in [2.05, 4.69) is 6.07 Å². The van der Waals surface area contributed by atoms with Crippen molar-refractivity contribution in [3.8, 4) is 0 Å². The maximum Gasteiger partial charge on any atom is 0.306 e. The Morgan fingerprint density at radius 1 is 1.44 bits per heavy atom. The lowest BCUT2D eigenvalue weighted by Gasteiger charge is -2.07. The van der Waals surface area contributed by atoms with E-state index in [4.69, 9.17) is 9.84 Å². The summed E-state index contributed by atoms with van der Waals surface area (Å²) in [5.74, 6) is -1.01. The molecule has 16 heavy (non-hydrogen) atoms. The molecule has 0 aliphatic heterocycles. The molecule has 0 aromatic heterocycles. The van der Waals surface area contributed by atoms with Crippen LogP contribution in [-0.4, -0.2) is 18.2 Å². The quantitative estimate of drug-likeness (QED) is 0.804. The van der Waals surface area contributed by atoms with Crippen molar-refractivity contribution in [1.29, 1.82) is 0 Å². The zero-order valence-electron chi connectivity index (χ0n) is 9.77. The van der Waals surface area contributed by atoms with Gasteiger partial charge >= 0.3 is 5.97 Å². The van der Waals surface area contributed by atoms with E-state index in [9.17, 15) is 4.79 Å². The summed E-state index contributed by atoms with van der Waals surface area (Å²) in [6, 6.07) is 8.08. The topological polar surface area (TPSA) is 46.5 Å². The molecule has 0 heterocycles. The molecule has 1 unspecified atom stereocenters. The van der Waals surface area contributed by atoms with E-state index in [0.717, 1.165) is 12.0 Å². The molecule has 0 bridgehead atoms. The largest absolute Gasteiger partial charge is 0.481 e. The molecule has 0 radical (unpaired) electrons. The van der Waals surface area contributed by atoms with Gasteiger partial charge in [-0.15, -0.1) is 0 Å². The zero-order valence-corrected chi connectivity index (χ0v) is 9.77. The summed E-state index contributed by atoms with van der Waals surface area (Å²) in [6.45, 7) is 2.34. The van der Waals surface area contributed by atoms with Gasteiger partial charge in [-0.2, -0.15) is 0 Å². The second-order valence-electron chi connectivity index (χ2n) is 4.03. The summed E-state index contributed by atoms with van der Waals surface area (Å²) in [6.07, 6.45) is 1.47. The van der Waals surface area contributed by atoms with Crippen LogP contribution in [0.25, 0.3) is 0 Å². The van der Waals surface area contributed by atoms with Gasteiger partial charge in [-0.25, -0.2) is 0 Å². The highest BCUT2D eigenvalue weighted by Gasteiger charge is 2.10. The summed E-state index contributed by atoms with van der Waals surface area (Å²) in [5.41, 5.74) is 2.30. The first kappa shape index (κ1) is 12.7. The second-order valence-corrected chi connectivity index (χ2v) is 4.03. The van der Waals surface area contributed by atoms with Crippen LogP contribution in [0.4, 0.5) is 0 Å². The fourth-order valence-corrected chi connectivity index (χ4v) is 1.55. The number of hydrogen-bond acceptors (Lipinski definition) is 2. The molecule has 0 aliphatic carbocycles. The third-order valence-electron chi connectivity index (χ3n) is 2.59. The Kier molecular flexibility index (Phi) is 4.99. The minimum atomic E-state index is -0.729. The summed E-state index contributed by atoms with van der Waals surface area (Å²) in [5, 5.41) is 8.78. The molecule has 1 atom stereocenters. The highest BCUT2D eigenvalue weighted by atomic mass is 16.5. The Morgan fingerprint density at radius 2 is 2.12 bits per heavy atom. The van der Waals surface area contributed by atoms with Gasteiger partial charge in [0.2, 0.25) is 0 Å². The van der Waals surface area contributed by atoms with Gasteiger partial charge in [-0.3, -0.25) is 4.79 Å². The van der Waals surface area contributed by atoms with E-state index >= 15 is 0 Å². The molecule has 0 aliphatic rings. The number of aryl methyl sites for hydroxylation is 1. The van der Waals surface area contributed by atoms with Crippen molar-refractivity contribution in [3.63, 3.8) is 0 Å². The van der Waals surface area contributed by atoms with Gasteiger partial charge in [0.15, 0.2) is 0 Å². The maximum atomic E-state index is 10.7. The fourth-order valence-electron chi connectivity index (χ4n) is 1.55. The van der Waals surface area contributed by atoms with Gasteiger partial charge in [-0.05, 0) is 24.0 Å². The Balaban J connectivity index is 2.53. The number of rotatable bonds is 6. The van der Waals surface area contributed by atoms with Gasteiger partial charge in [0, 0.05) is 7.11 Å². The van der Waals surface area contributed by atoms with Gasteiger partial charge in [0.25, 0.3) is 0 Å². The van der Waals surface area contributed by atoms with E-state index < -0.39 is 5.97 Å². The van der Waals surface area contributed by atoms with Crippen LogP contribution in [0, 0.1) is 5.92 Å². The van der Waals surface area contributed by atoms with Crippen LogP contribution in [0.3, 0.4) is 0 Å². The highest BCUT2D eigenvalue weighted by Crippen LogP contribution is 2.12. The van der Waals surface area contributed by atoms with E-state index in [1.54, 1.807) is 14.0 Å². The predicted octanol–water partition coefficient (Wildman–Crippen LogP) is 2.49. The first-order chi connectivity index (χ1) is 7.63. The number of benzene rings is 1. The molecule has 88 valence electrons. The molecule has 1 N–H and O–H groups in total. The van der Waals surface area contributed by atoms with Crippen molar-refractivity contribution in [2.45, 2.75) is 26.4 Å². The lowest BCUT2D eigenvalue weighted by atomic mass is 10.00. The number of carbonyl (C=O) groups is 1. The molecule has 0 fully saturated rings. The minimum Gasteiger partial charge on any atom is -0.481 e. The van der Waals surface area contributed by atoms with Crippen molar-refractivity contribution in [1.82, 2.24) is 0 Å². The predicted molar refractivity (Wildman–Crippen MR) is 62.3 cm³/mol. The molecule has 1 aromatic carbocycles. The SMILES string of the molecule is COCc1cccc(CCC(C)C(=O)O)c1. The zero-order chi connectivity index (χ0) is 12.0. The van der Waals surface area contributed by atoms with E-state index in [0.29, 0.717) is 13.0 Å². The van der Waals surface area contributed by atoms with E-state index in [1.165, 1.54) is 5.56 Å². The molecular weight excluding hydrogens is 204 g/mol.